The number of hydrogen-bond acceptors (Lipinski definition) is 2. The van der Waals surface area contributed by atoms with Crippen LogP contribution in [0.15, 0.2) is 0 Å². The summed E-state index contributed by atoms with van der Waals surface area (Å²) >= 11 is 0. The number of rotatable bonds is 3. The zero-order valence-electron chi connectivity index (χ0n) is 12.0. The Labute approximate surface area is 115 Å². The van der Waals surface area contributed by atoms with E-state index in [4.69, 9.17) is 4.98 Å². The molecule has 2 saturated carbocycles. The van der Waals surface area contributed by atoms with E-state index >= 15 is 0 Å². The van der Waals surface area contributed by atoms with E-state index in [9.17, 15) is 0 Å². The van der Waals surface area contributed by atoms with Gasteiger partial charge in [-0.2, -0.15) is 0 Å². The third-order valence-corrected chi connectivity index (χ3v) is 5.38. The first-order chi connectivity index (χ1) is 9.34. The molecule has 2 aliphatic carbocycles. The molecule has 3 nitrogen and oxygen atoms in total. The Kier molecular flexibility index (Phi) is 2.91. The first-order valence-corrected chi connectivity index (χ1v) is 8.15. The molecule has 2 fully saturated rings. The first kappa shape index (κ1) is 12.0. The molecule has 1 aromatic heterocycles. The summed E-state index contributed by atoms with van der Waals surface area (Å²) in [5.41, 5.74) is 2.90. The van der Waals surface area contributed by atoms with Crippen LogP contribution in [-0.4, -0.2) is 16.1 Å². The van der Waals surface area contributed by atoms with Crippen molar-refractivity contribution in [2.75, 3.05) is 6.54 Å². The van der Waals surface area contributed by atoms with Gasteiger partial charge in [-0.1, -0.05) is 12.8 Å². The number of fused-ring (bicyclic) bond motifs is 1. The lowest BCUT2D eigenvalue weighted by molar-refractivity contribution is 0.433. The number of hydrogen-bond donors (Lipinski definition) is 1. The van der Waals surface area contributed by atoms with E-state index in [0.717, 1.165) is 24.9 Å². The number of nitrogens with one attached hydrogen (secondary N) is 1. The summed E-state index contributed by atoms with van der Waals surface area (Å²) in [5.74, 6) is 3.10. The van der Waals surface area contributed by atoms with E-state index in [1.807, 2.05) is 0 Å². The zero-order chi connectivity index (χ0) is 12.8. The molecule has 104 valence electrons. The Bertz CT molecular complexity index is 467. The van der Waals surface area contributed by atoms with Crippen molar-refractivity contribution in [1.29, 1.82) is 0 Å². The largest absolute Gasteiger partial charge is 0.328 e. The lowest BCUT2D eigenvalue weighted by Crippen LogP contribution is -2.26. The van der Waals surface area contributed by atoms with Gasteiger partial charge in [-0.25, -0.2) is 4.98 Å². The smallest absolute Gasteiger partial charge is 0.112 e. The molecule has 2 heterocycles. The van der Waals surface area contributed by atoms with Crippen molar-refractivity contribution < 1.29 is 0 Å². The minimum atomic E-state index is 0.685. The van der Waals surface area contributed by atoms with E-state index in [-0.39, 0.29) is 0 Å². The van der Waals surface area contributed by atoms with Crippen LogP contribution in [0.2, 0.25) is 0 Å². The van der Waals surface area contributed by atoms with Gasteiger partial charge >= 0.3 is 0 Å². The lowest BCUT2D eigenvalue weighted by Gasteiger charge is -2.23. The maximum Gasteiger partial charge on any atom is 0.112 e. The van der Waals surface area contributed by atoms with Crippen molar-refractivity contribution in [2.24, 2.45) is 5.92 Å². The number of imidazole rings is 1. The van der Waals surface area contributed by atoms with Crippen molar-refractivity contribution in [2.45, 2.75) is 70.4 Å². The van der Waals surface area contributed by atoms with Gasteiger partial charge in [-0.05, 0) is 38.5 Å². The monoisotopic (exact) mass is 259 g/mol. The molecule has 0 spiro atoms. The summed E-state index contributed by atoms with van der Waals surface area (Å²) < 4.78 is 2.67. The van der Waals surface area contributed by atoms with Crippen molar-refractivity contribution in [3.05, 3.63) is 17.2 Å². The molecule has 1 unspecified atom stereocenters. The fourth-order valence-electron chi connectivity index (χ4n) is 4.07. The highest BCUT2D eigenvalue weighted by Crippen LogP contribution is 2.44. The summed E-state index contributed by atoms with van der Waals surface area (Å²) in [6.07, 6.45) is 9.55. The van der Waals surface area contributed by atoms with Crippen LogP contribution < -0.4 is 5.32 Å². The van der Waals surface area contributed by atoms with Crippen LogP contribution >= 0.6 is 0 Å². The molecule has 1 aromatic rings. The maximum atomic E-state index is 5.06. The molecular weight excluding hydrogens is 234 g/mol. The summed E-state index contributed by atoms with van der Waals surface area (Å²) in [6.45, 7) is 4.54. The molecule has 0 amide bonds. The molecule has 1 atom stereocenters. The van der Waals surface area contributed by atoms with E-state index in [1.54, 1.807) is 5.69 Å². The Hall–Kier alpha value is -0.830. The fraction of sp³-hybridized carbons (Fsp3) is 0.812. The molecule has 3 heteroatoms. The first-order valence-electron chi connectivity index (χ1n) is 8.15. The van der Waals surface area contributed by atoms with Gasteiger partial charge < -0.3 is 9.88 Å². The molecule has 0 saturated heterocycles. The molecule has 3 aliphatic rings. The van der Waals surface area contributed by atoms with Gasteiger partial charge in [0.15, 0.2) is 0 Å². The standard InChI is InChI=1S/C16H25N3/c1-11(12-6-7-12)19-15-8-9-17-10-14(15)18-16(19)13-4-2-3-5-13/h11-13,17H,2-10H2,1H3. The zero-order valence-corrected chi connectivity index (χ0v) is 12.0. The molecule has 1 aliphatic heterocycles. The normalized spacial score (nSPS) is 25.5. The Morgan fingerprint density at radius 1 is 1.21 bits per heavy atom. The Morgan fingerprint density at radius 2 is 2.00 bits per heavy atom. The third-order valence-electron chi connectivity index (χ3n) is 5.38. The third kappa shape index (κ3) is 2.03. The van der Waals surface area contributed by atoms with Gasteiger partial charge in [0.1, 0.15) is 5.82 Å². The highest BCUT2D eigenvalue weighted by molar-refractivity contribution is 5.24. The fourth-order valence-corrected chi connectivity index (χ4v) is 4.07. The summed E-state index contributed by atoms with van der Waals surface area (Å²) in [6, 6.07) is 0.685. The van der Waals surface area contributed by atoms with Crippen molar-refractivity contribution in [3.63, 3.8) is 0 Å². The Balaban J connectivity index is 1.76. The van der Waals surface area contributed by atoms with Gasteiger partial charge in [0, 0.05) is 37.2 Å². The number of aromatic nitrogens is 2. The molecule has 0 bridgehead atoms. The van der Waals surface area contributed by atoms with Crippen LogP contribution in [0, 0.1) is 5.92 Å². The summed E-state index contributed by atoms with van der Waals surface area (Å²) in [4.78, 5) is 5.06. The van der Waals surface area contributed by atoms with Crippen molar-refractivity contribution in [3.8, 4) is 0 Å². The molecule has 19 heavy (non-hydrogen) atoms. The second kappa shape index (κ2) is 4.62. The van der Waals surface area contributed by atoms with Crippen molar-refractivity contribution in [1.82, 2.24) is 14.9 Å². The quantitative estimate of drug-likeness (QED) is 0.903. The van der Waals surface area contributed by atoms with Crippen LogP contribution in [-0.2, 0) is 13.0 Å². The predicted molar refractivity (Wildman–Crippen MR) is 76.3 cm³/mol. The van der Waals surface area contributed by atoms with Crippen LogP contribution in [0.4, 0.5) is 0 Å². The van der Waals surface area contributed by atoms with E-state index in [0.29, 0.717) is 6.04 Å². The predicted octanol–water partition coefficient (Wildman–Crippen LogP) is 3.16. The summed E-state index contributed by atoms with van der Waals surface area (Å²) in [5, 5.41) is 3.48. The average Bonchev–Trinajstić information content (AvgIpc) is 3.01. The second-order valence-corrected chi connectivity index (χ2v) is 6.72. The lowest BCUT2D eigenvalue weighted by atomic mass is 10.1. The van der Waals surface area contributed by atoms with E-state index in [1.165, 1.54) is 56.5 Å². The molecule has 4 rings (SSSR count). The average molecular weight is 259 g/mol. The molecule has 1 N–H and O–H groups in total. The molecule has 0 aromatic carbocycles. The van der Waals surface area contributed by atoms with Gasteiger partial charge in [-0.3, -0.25) is 0 Å². The van der Waals surface area contributed by atoms with E-state index < -0.39 is 0 Å². The van der Waals surface area contributed by atoms with Crippen LogP contribution in [0.25, 0.3) is 0 Å². The van der Waals surface area contributed by atoms with Gasteiger partial charge in [0.05, 0.1) is 5.69 Å². The summed E-state index contributed by atoms with van der Waals surface area (Å²) in [7, 11) is 0. The van der Waals surface area contributed by atoms with Gasteiger partial charge in [0.25, 0.3) is 0 Å². The van der Waals surface area contributed by atoms with Crippen LogP contribution in [0.3, 0.4) is 0 Å². The maximum absolute atomic E-state index is 5.06. The second-order valence-electron chi connectivity index (χ2n) is 6.72. The number of nitrogens with zero attached hydrogens (tertiary/aromatic N) is 2. The van der Waals surface area contributed by atoms with Crippen LogP contribution in [0.1, 0.15) is 74.6 Å². The van der Waals surface area contributed by atoms with Crippen molar-refractivity contribution >= 4 is 0 Å². The topological polar surface area (TPSA) is 29.9 Å². The minimum Gasteiger partial charge on any atom is -0.328 e. The SMILES string of the molecule is CC(C1CC1)n1c(C2CCCC2)nc2c1CCNC2. The van der Waals surface area contributed by atoms with Gasteiger partial charge in [0.2, 0.25) is 0 Å². The molecule has 0 radical (unpaired) electrons. The van der Waals surface area contributed by atoms with Gasteiger partial charge in [-0.15, -0.1) is 0 Å². The highest BCUT2D eigenvalue weighted by atomic mass is 15.2. The Morgan fingerprint density at radius 3 is 2.74 bits per heavy atom. The van der Waals surface area contributed by atoms with Crippen LogP contribution in [0.5, 0.6) is 0 Å². The molecular formula is C16H25N3. The highest BCUT2D eigenvalue weighted by Gasteiger charge is 2.35. The minimum absolute atomic E-state index is 0.685. The van der Waals surface area contributed by atoms with E-state index in [2.05, 4.69) is 16.8 Å².